The first kappa shape index (κ1) is 26.4. The molecule has 0 bridgehead atoms. The minimum absolute atomic E-state index is 0. The van der Waals surface area contributed by atoms with Gasteiger partial charge >= 0.3 is 0 Å². The summed E-state index contributed by atoms with van der Waals surface area (Å²) in [6, 6.07) is 12.3. The Labute approximate surface area is 193 Å². The summed E-state index contributed by atoms with van der Waals surface area (Å²) in [4.78, 5) is 39.7. The Morgan fingerprint density at radius 1 is 1.16 bits per heavy atom. The van der Waals surface area contributed by atoms with Crippen molar-refractivity contribution in [3.63, 3.8) is 0 Å². The van der Waals surface area contributed by atoms with Crippen molar-refractivity contribution >= 4 is 42.5 Å². The molecule has 3 atom stereocenters. The van der Waals surface area contributed by atoms with Gasteiger partial charge in [-0.05, 0) is 36.5 Å². The van der Waals surface area contributed by atoms with Gasteiger partial charge in [-0.25, -0.2) is 0 Å². The third kappa shape index (κ3) is 7.20. The van der Waals surface area contributed by atoms with Crippen LogP contribution in [0.15, 0.2) is 48.7 Å². The van der Waals surface area contributed by atoms with Crippen molar-refractivity contribution in [2.75, 3.05) is 6.54 Å². The number of carbonyl (C=O) groups excluding carboxylic acids is 3. The fourth-order valence-corrected chi connectivity index (χ4v) is 3.31. The number of amides is 3. The molecule has 3 rings (SSSR count). The summed E-state index contributed by atoms with van der Waals surface area (Å²) >= 11 is 0. The number of pyridine rings is 1. The molecule has 0 unspecified atom stereocenters. The zero-order chi connectivity index (χ0) is 20.8. The standard InChI is InChI=1S/C21H25N5O3.2ClH/c1-13(20(28)25-11-14-7-8-17(19(22)27)23-10-14)26-21(29)18-9-16(12-24-18)15-5-3-2-4-6-15;;/h2-8,10,13,16,18,24H,9,11-12H2,1H3,(H2,22,27)(H,25,28)(H,26,29);2*1H/t13-,16-,18+;;/m0../s1. The van der Waals surface area contributed by atoms with Gasteiger partial charge < -0.3 is 21.7 Å². The second-order valence-corrected chi connectivity index (χ2v) is 7.17. The summed E-state index contributed by atoms with van der Waals surface area (Å²) in [5, 5.41) is 8.74. The average Bonchev–Trinajstić information content (AvgIpc) is 3.23. The number of rotatable bonds is 7. The molecular weight excluding hydrogens is 441 g/mol. The molecule has 1 fully saturated rings. The van der Waals surface area contributed by atoms with Gasteiger partial charge in [0.25, 0.3) is 5.91 Å². The number of nitrogens with zero attached hydrogens (tertiary/aromatic N) is 1. The molecule has 31 heavy (non-hydrogen) atoms. The van der Waals surface area contributed by atoms with E-state index in [0.29, 0.717) is 6.42 Å². The van der Waals surface area contributed by atoms with E-state index in [0.717, 1.165) is 12.1 Å². The van der Waals surface area contributed by atoms with E-state index in [4.69, 9.17) is 5.73 Å². The fraction of sp³-hybridized carbons (Fsp3) is 0.333. The monoisotopic (exact) mass is 467 g/mol. The number of hydrogen-bond acceptors (Lipinski definition) is 5. The minimum Gasteiger partial charge on any atom is -0.364 e. The highest BCUT2D eigenvalue weighted by molar-refractivity contribution is 5.91. The van der Waals surface area contributed by atoms with Crippen LogP contribution in [0.5, 0.6) is 0 Å². The molecule has 1 aliphatic rings. The second-order valence-electron chi connectivity index (χ2n) is 7.17. The number of nitrogens with one attached hydrogen (secondary N) is 3. The third-order valence-electron chi connectivity index (χ3n) is 5.01. The summed E-state index contributed by atoms with van der Waals surface area (Å²) in [6.07, 6.45) is 2.18. The zero-order valence-electron chi connectivity index (χ0n) is 17.0. The van der Waals surface area contributed by atoms with Crippen LogP contribution in [0.1, 0.15) is 40.9 Å². The van der Waals surface area contributed by atoms with Gasteiger partial charge in [-0.2, -0.15) is 0 Å². The number of benzene rings is 1. The summed E-state index contributed by atoms with van der Waals surface area (Å²) in [6.45, 7) is 2.62. The summed E-state index contributed by atoms with van der Waals surface area (Å²) in [5.74, 6) is -0.799. The van der Waals surface area contributed by atoms with E-state index >= 15 is 0 Å². The molecule has 1 saturated heterocycles. The molecule has 0 saturated carbocycles. The van der Waals surface area contributed by atoms with Crippen LogP contribution < -0.4 is 21.7 Å². The van der Waals surface area contributed by atoms with Gasteiger partial charge in [-0.15, -0.1) is 24.8 Å². The first-order chi connectivity index (χ1) is 13.9. The van der Waals surface area contributed by atoms with E-state index in [9.17, 15) is 14.4 Å². The van der Waals surface area contributed by atoms with Crippen molar-refractivity contribution in [2.24, 2.45) is 5.73 Å². The van der Waals surface area contributed by atoms with Crippen LogP contribution >= 0.6 is 24.8 Å². The Kier molecular flexibility index (Phi) is 10.4. The van der Waals surface area contributed by atoms with Crippen molar-refractivity contribution in [1.82, 2.24) is 20.9 Å². The predicted molar refractivity (Wildman–Crippen MR) is 122 cm³/mol. The van der Waals surface area contributed by atoms with E-state index in [-0.39, 0.29) is 60.8 Å². The maximum atomic E-state index is 12.5. The number of halogens is 2. The average molecular weight is 468 g/mol. The highest BCUT2D eigenvalue weighted by Crippen LogP contribution is 2.25. The highest BCUT2D eigenvalue weighted by Gasteiger charge is 2.31. The van der Waals surface area contributed by atoms with Gasteiger partial charge in [0.1, 0.15) is 11.7 Å². The molecule has 1 aliphatic heterocycles. The molecule has 2 heterocycles. The van der Waals surface area contributed by atoms with Crippen LogP contribution in [0, 0.1) is 0 Å². The van der Waals surface area contributed by atoms with Gasteiger partial charge in [0.2, 0.25) is 11.8 Å². The van der Waals surface area contributed by atoms with Gasteiger partial charge in [0, 0.05) is 19.3 Å². The molecule has 1 aromatic carbocycles. The van der Waals surface area contributed by atoms with E-state index in [2.05, 4.69) is 33.1 Å². The van der Waals surface area contributed by atoms with E-state index in [1.807, 2.05) is 18.2 Å². The number of carbonyl (C=O) groups is 3. The molecule has 5 N–H and O–H groups in total. The van der Waals surface area contributed by atoms with Gasteiger partial charge in [0.05, 0.1) is 6.04 Å². The second kappa shape index (κ2) is 12.2. The van der Waals surface area contributed by atoms with Crippen molar-refractivity contribution < 1.29 is 14.4 Å². The lowest BCUT2D eigenvalue weighted by molar-refractivity contribution is -0.129. The smallest absolute Gasteiger partial charge is 0.267 e. The van der Waals surface area contributed by atoms with E-state index in [1.165, 1.54) is 17.8 Å². The number of primary amides is 1. The Balaban J connectivity index is 0.00000240. The molecule has 0 spiro atoms. The maximum Gasteiger partial charge on any atom is 0.267 e. The molecule has 2 aromatic rings. The molecule has 168 valence electrons. The Hall–Kier alpha value is -2.68. The fourth-order valence-electron chi connectivity index (χ4n) is 3.31. The van der Waals surface area contributed by atoms with Crippen molar-refractivity contribution in [1.29, 1.82) is 0 Å². The molecular formula is C21H27Cl2N5O3. The molecule has 0 radical (unpaired) electrons. The molecule has 3 amide bonds. The summed E-state index contributed by atoms with van der Waals surface area (Å²) < 4.78 is 0. The minimum atomic E-state index is -0.669. The SMILES string of the molecule is C[C@H](NC(=O)[C@H]1C[C@H](c2ccccc2)CN1)C(=O)NCc1ccc(C(N)=O)nc1.Cl.Cl. The topological polar surface area (TPSA) is 126 Å². The van der Waals surface area contributed by atoms with Gasteiger partial charge in [-0.3, -0.25) is 19.4 Å². The van der Waals surface area contributed by atoms with E-state index in [1.54, 1.807) is 13.0 Å². The lowest BCUT2D eigenvalue weighted by atomic mass is 9.96. The van der Waals surface area contributed by atoms with Gasteiger partial charge in [0.15, 0.2) is 0 Å². The predicted octanol–water partition coefficient (Wildman–Crippen LogP) is 1.29. The first-order valence-corrected chi connectivity index (χ1v) is 9.55. The lowest BCUT2D eigenvalue weighted by Crippen LogP contribution is -2.49. The highest BCUT2D eigenvalue weighted by atomic mass is 35.5. The Morgan fingerprint density at radius 2 is 1.87 bits per heavy atom. The van der Waals surface area contributed by atoms with Crippen LogP contribution in [0.3, 0.4) is 0 Å². The Morgan fingerprint density at radius 3 is 2.48 bits per heavy atom. The number of nitrogens with two attached hydrogens (primary N) is 1. The van der Waals surface area contributed by atoms with Crippen LogP contribution in [-0.4, -0.2) is 41.3 Å². The molecule has 10 heteroatoms. The van der Waals surface area contributed by atoms with Crippen molar-refractivity contribution in [3.05, 3.63) is 65.5 Å². The molecule has 0 aliphatic carbocycles. The summed E-state index contributed by atoms with van der Waals surface area (Å²) in [7, 11) is 0. The van der Waals surface area contributed by atoms with Gasteiger partial charge in [-0.1, -0.05) is 36.4 Å². The molecule has 1 aromatic heterocycles. The normalized spacial score (nSPS) is 18.1. The van der Waals surface area contributed by atoms with Crippen LogP contribution in [-0.2, 0) is 16.1 Å². The molecule has 8 nitrogen and oxygen atoms in total. The van der Waals surface area contributed by atoms with Crippen LogP contribution in [0.4, 0.5) is 0 Å². The van der Waals surface area contributed by atoms with Crippen LogP contribution in [0.2, 0.25) is 0 Å². The van der Waals surface area contributed by atoms with Crippen molar-refractivity contribution in [2.45, 2.75) is 37.9 Å². The third-order valence-corrected chi connectivity index (χ3v) is 5.01. The Bertz CT molecular complexity index is 880. The largest absolute Gasteiger partial charge is 0.364 e. The quantitative estimate of drug-likeness (QED) is 0.487. The zero-order valence-corrected chi connectivity index (χ0v) is 18.7. The maximum absolute atomic E-state index is 12.5. The van der Waals surface area contributed by atoms with Crippen molar-refractivity contribution in [3.8, 4) is 0 Å². The first-order valence-electron chi connectivity index (χ1n) is 9.55. The lowest BCUT2D eigenvalue weighted by Gasteiger charge is -2.17. The van der Waals surface area contributed by atoms with Crippen LogP contribution in [0.25, 0.3) is 0 Å². The summed E-state index contributed by atoms with van der Waals surface area (Å²) in [5.41, 5.74) is 7.25. The van der Waals surface area contributed by atoms with E-state index < -0.39 is 11.9 Å². The number of hydrogen-bond donors (Lipinski definition) is 4. The number of aromatic nitrogens is 1.